The minimum Gasteiger partial charge on any atom is -0.377 e. The van der Waals surface area contributed by atoms with Crippen LogP contribution in [0.2, 0.25) is 0 Å². The molecule has 0 aliphatic carbocycles. The van der Waals surface area contributed by atoms with E-state index in [2.05, 4.69) is 5.32 Å². The molecule has 1 saturated heterocycles. The molecule has 1 aliphatic heterocycles. The molecule has 1 fully saturated rings. The molecular formula is C14H21ClFNO. The van der Waals surface area contributed by atoms with Crippen LogP contribution in [0.15, 0.2) is 24.3 Å². The molecule has 0 bridgehead atoms. The van der Waals surface area contributed by atoms with Gasteiger partial charge in [-0.25, -0.2) is 4.39 Å². The standard InChI is InChI=1S/C14H20FNO.ClH/c15-14-7-2-1-5-12(14)11-17-10-8-13-6-3-4-9-16-13;/h1-2,5,7,13,16H,3-4,6,8-11H2;1H. The van der Waals surface area contributed by atoms with Crippen LogP contribution < -0.4 is 5.32 Å². The van der Waals surface area contributed by atoms with Gasteiger partial charge >= 0.3 is 0 Å². The third kappa shape index (κ3) is 4.92. The van der Waals surface area contributed by atoms with E-state index < -0.39 is 0 Å². The van der Waals surface area contributed by atoms with Crippen LogP contribution in [-0.2, 0) is 11.3 Å². The second-order valence-electron chi connectivity index (χ2n) is 4.58. The van der Waals surface area contributed by atoms with Crippen LogP contribution in [0.25, 0.3) is 0 Å². The summed E-state index contributed by atoms with van der Waals surface area (Å²) >= 11 is 0. The molecule has 1 aromatic carbocycles. The number of rotatable bonds is 5. The fraction of sp³-hybridized carbons (Fsp3) is 0.571. The Morgan fingerprint density at radius 2 is 2.11 bits per heavy atom. The Morgan fingerprint density at radius 3 is 2.83 bits per heavy atom. The molecule has 4 heteroatoms. The molecule has 102 valence electrons. The highest BCUT2D eigenvalue weighted by Gasteiger charge is 2.11. The normalized spacial score (nSPS) is 19.3. The fourth-order valence-electron chi connectivity index (χ4n) is 2.19. The van der Waals surface area contributed by atoms with Gasteiger partial charge in [0.05, 0.1) is 6.61 Å². The van der Waals surface area contributed by atoms with E-state index in [0.717, 1.165) is 13.0 Å². The van der Waals surface area contributed by atoms with Crippen molar-refractivity contribution in [2.75, 3.05) is 13.2 Å². The van der Waals surface area contributed by atoms with Crippen LogP contribution in [-0.4, -0.2) is 19.2 Å². The molecule has 0 radical (unpaired) electrons. The lowest BCUT2D eigenvalue weighted by Crippen LogP contribution is -2.34. The molecule has 0 spiro atoms. The van der Waals surface area contributed by atoms with Gasteiger partial charge in [-0.05, 0) is 31.9 Å². The molecule has 0 amide bonds. The molecule has 1 unspecified atom stereocenters. The Morgan fingerprint density at radius 1 is 1.28 bits per heavy atom. The maximum atomic E-state index is 13.3. The zero-order valence-corrected chi connectivity index (χ0v) is 11.3. The van der Waals surface area contributed by atoms with Crippen LogP contribution in [0, 0.1) is 5.82 Å². The van der Waals surface area contributed by atoms with Crippen LogP contribution >= 0.6 is 12.4 Å². The van der Waals surface area contributed by atoms with Gasteiger partial charge in [0.25, 0.3) is 0 Å². The van der Waals surface area contributed by atoms with Crippen LogP contribution in [0.1, 0.15) is 31.2 Å². The Balaban J connectivity index is 0.00000162. The molecule has 1 atom stereocenters. The lowest BCUT2D eigenvalue weighted by atomic mass is 10.0. The van der Waals surface area contributed by atoms with E-state index in [-0.39, 0.29) is 18.2 Å². The second kappa shape index (κ2) is 8.46. The summed E-state index contributed by atoms with van der Waals surface area (Å²) in [5.74, 6) is -0.178. The number of ether oxygens (including phenoxy) is 1. The van der Waals surface area contributed by atoms with E-state index in [1.165, 1.54) is 25.3 Å². The highest BCUT2D eigenvalue weighted by Crippen LogP contribution is 2.11. The summed E-state index contributed by atoms with van der Waals surface area (Å²) in [6, 6.07) is 7.37. The predicted molar refractivity (Wildman–Crippen MR) is 73.6 cm³/mol. The van der Waals surface area contributed by atoms with Crippen LogP contribution in [0.5, 0.6) is 0 Å². The van der Waals surface area contributed by atoms with Crippen molar-refractivity contribution >= 4 is 12.4 Å². The Labute approximate surface area is 114 Å². The molecule has 0 saturated carbocycles. The first-order valence-electron chi connectivity index (χ1n) is 6.41. The van der Waals surface area contributed by atoms with Gasteiger partial charge in [-0.3, -0.25) is 0 Å². The lowest BCUT2D eigenvalue weighted by Gasteiger charge is -2.23. The molecule has 18 heavy (non-hydrogen) atoms. The third-order valence-corrected chi connectivity index (χ3v) is 3.24. The first-order chi connectivity index (χ1) is 8.36. The highest BCUT2D eigenvalue weighted by molar-refractivity contribution is 5.85. The van der Waals surface area contributed by atoms with E-state index >= 15 is 0 Å². The first kappa shape index (κ1) is 15.4. The van der Waals surface area contributed by atoms with Gasteiger partial charge in [-0.2, -0.15) is 0 Å². The van der Waals surface area contributed by atoms with E-state index in [1.54, 1.807) is 12.1 Å². The second-order valence-corrected chi connectivity index (χ2v) is 4.58. The van der Waals surface area contributed by atoms with Gasteiger partial charge in [0, 0.05) is 18.2 Å². The van der Waals surface area contributed by atoms with Crippen molar-refractivity contribution in [2.24, 2.45) is 0 Å². The minimum absolute atomic E-state index is 0. The zero-order valence-electron chi connectivity index (χ0n) is 10.5. The van der Waals surface area contributed by atoms with Gasteiger partial charge in [0.1, 0.15) is 5.82 Å². The monoisotopic (exact) mass is 273 g/mol. The summed E-state index contributed by atoms with van der Waals surface area (Å²) in [7, 11) is 0. The van der Waals surface area contributed by atoms with Gasteiger partial charge < -0.3 is 10.1 Å². The largest absolute Gasteiger partial charge is 0.377 e. The molecule has 0 aromatic heterocycles. The van der Waals surface area contributed by atoms with Crippen LogP contribution in [0.4, 0.5) is 4.39 Å². The number of hydrogen-bond acceptors (Lipinski definition) is 2. The third-order valence-electron chi connectivity index (χ3n) is 3.24. The minimum atomic E-state index is -0.178. The molecule has 2 nitrogen and oxygen atoms in total. The fourth-order valence-corrected chi connectivity index (χ4v) is 2.19. The van der Waals surface area contributed by atoms with Gasteiger partial charge in [0.15, 0.2) is 0 Å². The van der Waals surface area contributed by atoms with E-state index in [1.807, 2.05) is 6.07 Å². The number of piperidine rings is 1. The summed E-state index contributed by atoms with van der Waals surface area (Å²) in [6.07, 6.45) is 4.86. The average Bonchev–Trinajstić information content (AvgIpc) is 2.38. The highest BCUT2D eigenvalue weighted by atomic mass is 35.5. The molecule has 2 rings (SSSR count). The summed E-state index contributed by atoms with van der Waals surface area (Å²) in [5, 5.41) is 3.48. The first-order valence-corrected chi connectivity index (χ1v) is 6.41. The Hall–Kier alpha value is -0.640. The van der Waals surface area contributed by atoms with E-state index in [0.29, 0.717) is 24.8 Å². The summed E-state index contributed by atoms with van der Waals surface area (Å²) in [4.78, 5) is 0. The molecule has 1 N–H and O–H groups in total. The quantitative estimate of drug-likeness (QED) is 0.831. The number of nitrogens with one attached hydrogen (secondary N) is 1. The smallest absolute Gasteiger partial charge is 0.128 e. The number of halogens is 2. The Bertz CT molecular complexity index is 342. The zero-order chi connectivity index (χ0) is 11.9. The topological polar surface area (TPSA) is 21.3 Å². The summed E-state index contributed by atoms with van der Waals surface area (Å²) < 4.78 is 18.8. The maximum absolute atomic E-state index is 13.3. The van der Waals surface area contributed by atoms with Crippen molar-refractivity contribution in [1.29, 1.82) is 0 Å². The van der Waals surface area contributed by atoms with Gasteiger partial charge in [-0.15, -0.1) is 12.4 Å². The molecular weight excluding hydrogens is 253 g/mol. The molecule has 1 aliphatic rings. The average molecular weight is 274 g/mol. The SMILES string of the molecule is Cl.Fc1ccccc1COCCC1CCCCN1. The van der Waals surface area contributed by atoms with Crippen LogP contribution in [0.3, 0.4) is 0 Å². The van der Waals surface area contributed by atoms with Crippen molar-refractivity contribution in [1.82, 2.24) is 5.32 Å². The molecule has 1 aromatic rings. The predicted octanol–water partition coefficient (Wildman–Crippen LogP) is 3.30. The molecule has 1 heterocycles. The van der Waals surface area contributed by atoms with Crippen molar-refractivity contribution < 1.29 is 9.13 Å². The number of hydrogen-bond donors (Lipinski definition) is 1. The van der Waals surface area contributed by atoms with Gasteiger partial charge in [0.2, 0.25) is 0 Å². The maximum Gasteiger partial charge on any atom is 0.128 e. The lowest BCUT2D eigenvalue weighted by molar-refractivity contribution is 0.106. The van der Waals surface area contributed by atoms with E-state index in [4.69, 9.17) is 4.74 Å². The van der Waals surface area contributed by atoms with Crippen molar-refractivity contribution in [3.63, 3.8) is 0 Å². The van der Waals surface area contributed by atoms with Crippen molar-refractivity contribution in [2.45, 2.75) is 38.3 Å². The Kier molecular flexibility index (Phi) is 7.25. The van der Waals surface area contributed by atoms with Crippen molar-refractivity contribution in [3.8, 4) is 0 Å². The van der Waals surface area contributed by atoms with Gasteiger partial charge in [-0.1, -0.05) is 24.6 Å². The summed E-state index contributed by atoms with van der Waals surface area (Å²) in [5.41, 5.74) is 0.643. The van der Waals surface area contributed by atoms with E-state index in [9.17, 15) is 4.39 Å². The number of benzene rings is 1. The summed E-state index contributed by atoms with van der Waals surface area (Å²) in [6.45, 7) is 2.20. The van der Waals surface area contributed by atoms with Crippen molar-refractivity contribution in [3.05, 3.63) is 35.6 Å².